The Hall–Kier alpha value is 1.45. The van der Waals surface area contributed by atoms with Gasteiger partial charge >= 0.3 is 0 Å². The van der Waals surface area contributed by atoms with Gasteiger partial charge in [0.15, 0.2) is 0 Å². The third-order valence-corrected chi connectivity index (χ3v) is 10.4. The van der Waals surface area contributed by atoms with Crippen molar-refractivity contribution in [2.45, 2.75) is 0 Å². The normalized spacial score (nSPS) is 8.38. The van der Waals surface area contributed by atoms with Gasteiger partial charge in [0.25, 0.3) is 0 Å². The van der Waals surface area contributed by atoms with E-state index >= 15 is 0 Å². The molecule has 50 valence electrons. The van der Waals surface area contributed by atoms with Crippen LogP contribution in [0.25, 0.3) is 0 Å². The molecule has 0 unspecified atom stereocenters. The number of rotatable bonds is 0. The second-order valence-electron chi connectivity index (χ2n) is 1.01. The molecule has 8 heavy (non-hydrogen) atoms. The fourth-order valence-corrected chi connectivity index (χ4v) is 10.0. The summed E-state index contributed by atoms with van der Waals surface area (Å²) in [6, 6.07) is 0. The Labute approximate surface area is 68.1 Å². The smallest absolute Gasteiger partial charge is 0.000000129 e. The fraction of sp³-hybridized carbons (Fsp3) is 1.00. The van der Waals surface area contributed by atoms with E-state index in [0.717, 1.165) is 0 Å². The molecule has 0 nitrogen and oxygen atoms in total. The van der Waals surface area contributed by atoms with E-state index in [2.05, 4.69) is 23.7 Å². The Morgan fingerprint density at radius 3 is 2.25 bits per heavy atom. The van der Waals surface area contributed by atoms with Gasteiger partial charge in [0.1, 0.15) is 0 Å². The first-order valence-electron chi connectivity index (χ1n) is 1.65. The quantitative estimate of drug-likeness (QED) is 0.569. The molecule has 0 saturated heterocycles. The second-order valence-corrected chi connectivity index (χ2v) is 11.6. The van der Waals surface area contributed by atoms with Gasteiger partial charge in [-0.15, -0.1) is 9.45 Å². The molecular formula is C2H6S6. The van der Waals surface area contributed by atoms with Crippen LogP contribution < -0.4 is 0 Å². The largest absolute Gasteiger partial charge is 0.128 e. The van der Waals surface area contributed by atoms with Crippen LogP contribution in [0.1, 0.15) is 0 Å². The van der Waals surface area contributed by atoms with E-state index in [4.69, 9.17) is 0 Å². The zero-order valence-corrected chi connectivity index (χ0v) is 9.35. The van der Waals surface area contributed by atoms with Crippen molar-refractivity contribution >= 4 is 56.2 Å². The van der Waals surface area contributed by atoms with Crippen molar-refractivity contribution in [3.8, 4) is 0 Å². The summed E-state index contributed by atoms with van der Waals surface area (Å²) in [5.41, 5.74) is 0. The Bertz CT molecular complexity index is 211. The highest BCUT2D eigenvalue weighted by atomic mass is 33.3. The Morgan fingerprint density at radius 2 is 1.88 bits per heavy atom. The zero-order chi connectivity index (χ0) is 6.41. The summed E-state index contributed by atoms with van der Waals surface area (Å²) in [5.74, 6) is 0. The SMILES string of the molecule is CS(C)=S=S=S=S=S. The highest BCUT2D eigenvalue weighted by Crippen LogP contribution is 1.57. The highest BCUT2D eigenvalue weighted by molar-refractivity contribution is 8.67. The van der Waals surface area contributed by atoms with Crippen LogP contribution in [-0.2, 0) is 56.2 Å². The molecule has 0 spiro atoms. The first-order chi connectivity index (χ1) is 3.77. The molecule has 0 rings (SSSR count). The predicted octanol–water partition coefficient (Wildman–Crippen LogP) is 0.317. The van der Waals surface area contributed by atoms with Crippen molar-refractivity contribution in [2.24, 2.45) is 0 Å². The summed E-state index contributed by atoms with van der Waals surface area (Å²) in [7, 11) is 7.17. The van der Waals surface area contributed by atoms with Crippen LogP contribution in [0.5, 0.6) is 0 Å². The van der Waals surface area contributed by atoms with E-state index in [1.54, 1.807) is 17.8 Å². The molecule has 6 heteroatoms. The minimum Gasteiger partial charge on any atom is -0.128 e. The van der Waals surface area contributed by atoms with E-state index in [1.807, 2.05) is 8.88 Å². The molecule has 0 bridgehead atoms. The van der Waals surface area contributed by atoms with E-state index in [0.29, 0.717) is 9.45 Å². The van der Waals surface area contributed by atoms with Crippen molar-refractivity contribution in [3.63, 3.8) is 0 Å². The lowest BCUT2D eigenvalue weighted by molar-refractivity contribution is 2.35. The van der Waals surface area contributed by atoms with Gasteiger partial charge in [0.2, 0.25) is 0 Å². The third-order valence-electron chi connectivity index (χ3n) is 0.219. The standard InChI is InChI=1S/C2H6S6/c1-8(2)7-6-5-4-3/h1-2H3. The van der Waals surface area contributed by atoms with Crippen molar-refractivity contribution in [3.05, 3.63) is 0 Å². The van der Waals surface area contributed by atoms with Crippen LogP contribution in [0.15, 0.2) is 0 Å². The van der Waals surface area contributed by atoms with E-state index in [-0.39, 0.29) is 0 Å². The first-order valence-corrected chi connectivity index (χ1v) is 9.95. The number of hydrogen-bond acceptors (Lipinski definition) is 1. The molecule has 0 aromatic heterocycles. The van der Waals surface area contributed by atoms with Gasteiger partial charge in [0, 0.05) is 0 Å². The molecule has 0 radical (unpaired) electrons. The maximum atomic E-state index is 4.65. The van der Waals surface area contributed by atoms with Crippen LogP contribution in [-0.4, -0.2) is 12.5 Å². The maximum Gasteiger partial charge on any atom is -0.000000129 e. The predicted molar refractivity (Wildman–Crippen MR) is 56.0 cm³/mol. The molecule has 0 aliphatic carbocycles. The Balaban J connectivity index is 4.75. The molecule has 0 aliphatic heterocycles. The lowest BCUT2D eigenvalue weighted by Gasteiger charge is -1.70. The summed E-state index contributed by atoms with van der Waals surface area (Å²) < 4.78 is 0. The first kappa shape index (κ1) is 9.45. The summed E-state index contributed by atoms with van der Waals surface area (Å²) in [6.45, 7) is 0. The second kappa shape index (κ2) is 6.57. The molecule has 0 fully saturated rings. The molecule has 0 aliphatic rings. The lowest BCUT2D eigenvalue weighted by atomic mass is 11.9. The van der Waals surface area contributed by atoms with Gasteiger partial charge in [0.05, 0.1) is 0 Å². The summed E-state index contributed by atoms with van der Waals surface area (Å²) >= 11 is 4.65. The Kier molecular flexibility index (Phi) is 7.76. The van der Waals surface area contributed by atoms with Crippen LogP contribution in [0.3, 0.4) is 0 Å². The minimum atomic E-state index is 0.482. The summed E-state index contributed by atoms with van der Waals surface area (Å²) in [4.78, 5) is 0. The Morgan fingerprint density at radius 1 is 1.25 bits per heavy atom. The molecule has 0 saturated carbocycles. The molecule has 0 amide bonds. The van der Waals surface area contributed by atoms with Crippen LogP contribution in [0, 0.1) is 0 Å². The molecule has 0 heterocycles. The van der Waals surface area contributed by atoms with Crippen molar-refractivity contribution in [1.82, 2.24) is 0 Å². The van der Waals surface area contributed by atoms with E-state index in [9.17, 15) is 0 Å². The average Bonchev–Trinajstić information content (AvgIpc) is 1.66. The molecule has 0 N–H and O–H groups in total. The minimum absolute atomic E-state index is 0.482. The number of hydrogen-bond donors (Lipinski definition) is 0. The molecule has 0 aromatic rings. The van der Waals surface area contributed by atoms with Crippen molar-refractivity contribution < 1.29 is 0 Å². The fourth-order valence-electron chi connectivity index (χ4n) is 0.0782. The third kappa shape index (κ3) is 7.45. The van der Waals surface area contributed by atoms with Gasteiger partial charge in [-0.1, -0.05) is 0 Å². The van der Waals surface area contributed by atoms with Crippen LogP contribution in [0.4, 0.5) is 0 Å². The molecule has 0 atom stereocenters. The van der Waals surface area contributed by atoms with Gasteiger partial charge < -0.3 is 0 Å². The monoisotopic (exact) mass is 222 g/mol. The summed E-state index contributed by atoms with van der Waals surface area (Å²) in [5, 5.41) is 0. The lowest BCUT2D eigenvalue weighted by Crippen LogP contribution is -1.71. The topological polar surface area (TPSA) is 0 Å². The van der Waals surface area contributed by atoms with E-state index in [1.165, 1.54) is 8.88 Å². The highest BCUT2D eigenvalue weighted by Gasteiger charge is 1.57. The molecule has 0 aromatic carbocycles. The van der Waals surface area contributed by atoms with Crippen molar-refractivity contribution in [1.29, 1.82) is 0 Å². The van der Waals surface area contributed by atoms with Crippen LogP contribution in [0.2, 0.25) is 0 Å². The van der Waals surface area contributed by atoms with Gasteiger partial charge in [-0.05, 0) is 59.2 Å². The van der Waals surface area contributed by atoms with Gasteiger partial charge in [-0.25, -0.2) is 0 Å². The average molecular weight is 222 g/mol. The summed E-state index contributed by atoms with van der Waals surface area (Å²) in [6.07, 6.45) is 4.40. The van der Waals surface area contributed by atoms with Crippen LogP contribution >= 0.6 is 0 Å². The molecular weight excluding hydrogens is 216 g/mol. The van der Waals surface area contributed by atoms with Gasteiger partial charge in [-0.2, -0.15) is 0 Å². The van der Waals surface area contributed by atoms with Gasteiger partial charge in [-0.3, -0.25) is 0 Å². The maximum absolute atomic E-state index is 4.65. The zero-order valence-electron chi connectivity index (χ0n) is 4.45. The van der Waals surface area contributed by atoms with Crippen molar-refractivity contribution in [2.75, 3.05) is 12.5 Å². The van der Waals surface area contributed by atoms with E-state index < -0.39 is 0 Å².